The molecular weight excluding hydrogens is 196 g/mol. The predicted octanol–water partition coefficient (Wildman–Crippen LogP) is 3.10. The Bertz CT molecular complexity index is 393. The molecular formula is C12H13F2N. The van der Waals surface area contributed by atoms with Crippen LogP contribution in [0.3, 0.4) is 0 Å². The van der Waals surface area contributed by atoms with Crippen LogP contribution in [0.5, 0.6) is 0 Å². The van der Waals surface area contributed by atoms with Crippen molar-refractivity contribution < 1.29 is 8.78 Å². The molecule has 0 heterocycles. The third-order valence-electron chi connectivity index (χ3n) is 2.21. The minimum absolute atomic E-state index is 0.139. The number of benzene rings is 1. The quantitative estimate of drug-likeness (QED) is 0.754. The third kappa shape index (κ3) is 2.47. The molecule has 0 bridgehead atoms. The van der Waals surface area contributed by atoms with Crippen LogP contribution in [0.4, 0.5) is 14.5 Å². The first-order valence-corrected chi connectivity index (χ1v) is 4.77. The molecule has 0 aliphatic carbocycles. The molecule has 1 N–H and O–H groups in total. The van der Waals surface area contributed by atoms with Crippen LogP contribution in [0.25, 0.3) is 0 Å². The van der Waals surface area contributed by atoms with Gasteiger partial charge in [-0.3, -0.25) is 0 Å². The molecule has 1 nitrogen and oxygen atoms in total. The van der Waals surface area contributed by atoms with E-state index in [2.05, 4.69) is 11.2 Å². The van der Waals surface area contributed by atoms with E-state index in [0.29, 0.717) is 12.0 Å². The van der Waals surface area contributed by atoms with E-state index in [1.165, 1.54) is 12.1 Å². The maximum absolute atomic E-state index is 13.5. The fourth-order valence-corrected chi connectivity index (χ4v) is 1.22. The van der Waals surface area contributed by atoms with E-state index in [4.69, 9.17) is 6.42 Å². The number of anilines is 1. The second kappa shape index (κ2) is 4.79. The standard InChI is InChI=1S/C12H13F2N/c1-4-9(5-2)15-12-10(13)7-6-8(3)11(12)14/h1,6-7,9,15H,5H2,2-3H3. The minimum Gasteiger partial charge on any atom is -0.367 e. The fraction of sp³-hybridized carbons (Fsp3) is 0.333. The monoisotopic (exact) mass is 209 g/mol. The lowest BCUT2D eigenvalue weighted by Crippen LogP contribution is -2.18. The number of hydrogen-bond donors (Lipinski definition) is 1. The van der Waals surface area contributed by atoms with Gasteiger partial charge in [0.1, 0.15) is 11.5 Å². The number of terminal acetylenes is 1. The van der Waals surface area contributed by atoms with Gasteiger partial charge < -0.3 is 5.32 Å². The van der Waals surface area contributed by atoms with Crippen molar-refractivity contribution in [3.05, 3.63) is 29.3 Å². The molecule has 3 heteroatoms. The van der Waals surface area contributed by atoms with E-state index < -0.39 is 11.6 Å². The molecule has 0 fully saturated rings. The number of aryl methyl sites for hydroxylation is 1. The molecule has 0 aliphatic rings. The summed E-state index contributed by atoms with van der Waals surface area (Å²) in [5.41, 5.74) is 0.255. The minimum atomic E-state index is -0.619. The topological polar surface area (TPSA) is 12.0 Å². The second-order valence-corrected chi connectivity index (χ2v) is 3.33. The highest BCUT2D eigenvalue weighted by Crippen LogP contribution is 2.22. The lowest BCUT2D eigenvalue weighted by molar-refractivity contribution is 0.579. The molecule has 0 saturated heterocycles. The van der Waals surface area contributed by atoms with Crippen LogP contribution < -0.4 is 5.32 Å². The molecule has 0 radical (unpaired) electrons. The highest BCUT2D eigenvalue weighted by atomic mass is 19.1. The number of hydrogen-bond acceptors (Lipinski definition) is 1. The Hall–Kier alpha value is -1.56. The lowest BCUT2D eigenvalue weighted by Gasteiger charge is -2.14. The van der Waals surface area contributed by atoms with Gasteiger partial charge in [0.2, 0.25) is 0 Å². The molecule has 1 rings (SSSR count). The Morgan fingerprint density at radius 3 is 2.67 bits per heavy atom. The summed E-state index contributed by atoms with van der Waals surface area (Å²) in [6.07, 6.45) is 5.83. The predicted molar refractivity (Wildman–Crippen MR) is 57.6 cm³/mol. The Morgan fingerprint density at radius 1 is 1.47 bits per heavy atom. The maximum Gasteiger partial charge on any atom is 0.152 e. The van der Waals surface area contributed by atoms with E-state index >= 15 is 0 Å². The van der Waals surface area contributed by atoms with Crippen molar-refractivity contribution >= 4 is 5.69 Å². The Morgan fingerprint density at radius 2 is 2.13 bits per heavy atom. The Balaban J connectivity index is 3.04. The first-order chi connectivity index (χ1) is 7.10. The average molecular weight is 209 g/mol. The normalized spacial score (nSPS) is 11.9. The van der Waals surface area contributed by atoms with Gasteiger partial charge in [-0.05, 0) is 25.0 Å². The van der Waals surface area contributed by atoms with Gasteiger partial charge in [0.05, 0.1) is 6.04 Å². The van der Waals surface area contributed by atoms with Gasteiger partial charge in [-0.25, -0.2) is 8.78 Å². The summed E-state index contributed by atoms with van der Waals surface area (Å²) >= 11 is 0. The number of nitrogens with one attached hydrogen (secondary N) is 1. The van der Waals surface area contributed by atoms with Crippen molar-refractivity contribution in [1.29, 1.82) is 0 Å². The smallest absolute Gasteiger partial charge is 0.152 e. The summed E-state index contributed by atoms with van der Waals surface area (Å²) in [4.78, 5) is 0. The molecule has 0 aliphatic heterocycles. The van der Waals surface area contributed by atoms with E-state index in [0.717, 1.165) is 0 Å². The number of halogens is 2. The molecule has 80 valence electrons. The van der Waals surface area contributed by atoms with Gasteiger partial charge in [-0.2, -0.15) is 0 Å². The van der Waals surface area contributed by atoms with Crippen LogP contribution in [0.2, 0.25) is 0 Å². The maximum atomic E-state index is 13.5. The Kier molecular flexibility index (Phi) is 3.68. The molecule has 0 spiro atoms. The zero-order valence-electron chi connectivity index (χ0n) is 8.77. The van der Waals surface area contributed by atoms with Crippen LogP contribution in [-0.4, -0.2) is 6.04 Å². The second-order valence-electron chi connectivity index (χ2n) is 3.33. The summed E-state index contributed by atoms with van der Waals surface area (Å²) in [6, 6.07) is 2.27. The van der Waals surface area contributed by atoms with Crippen LogP contribution in [0, 0.1) is 30.9 Å². The third-order valence-corrected chi connectivity index (χ3v) is 2.21. The van der Waals surface area contributed by atoms with Gasteiger partial charge in [0, 0.05) is 0 Å². The summed E-state index contributed by atoms with van der Waals surface area (Å²) in [7, 11) is 0. The lowest BCUT2D eigenvalue weighted by atomic mass is 10.1. The molecule has 15 heavy (non-hydrogen) atoms. The van der Waals surface area contributed by atoms with Crippen molar-refractivity contribution in [3.8, 4) is 12.3 Å². The molecule has 1 aromatic carbocycles. The summed E-state index contributed by atoms with van der Waals surface area (Å²) in [6.45, 7) is 3.43. The van der Waals surface area contributed by atoms with Crippen LogP contribution >= 0.6 is 0 Å². The van der Waals surface area contributed by atoms with Crippen LogP contribution in [0.15, 0.2) is 12.1 Å². The highest BCUT2D eigenvalue weighted by molar-refractivity contribution is 5.50. The van der Waals surface area contributed by atoms with Gasteiger partial charge in [-0.1, -0.05) is 18.9 Å². The van der Waals surface area contributed by atoms with Gasteiger partial charge in [-0.15, -0.1) is 6.42 Å². The van der Waals surface area contributed by atoms with Crippen molar-refractivity contribution in [1.82, 2.24) is 0 Å². The molecule has 0 saturated carbocycles. The van der Waals surface area contributed by atoms with Gasteiger partial charge in [0.15, 0.2) is 5.82 Å². The van der Waals surface area contributed by atoms with E-state index in [-0.39, 0.29) is 11.7 Å². The molecule has 0 aromatic heterocycles. The zero-order chi connectivity index (χ0) is 11.4. The fourth-order valence-electron chi connectivity index (χ4n) is 1.22. The first-order valence-electron chi connectivity index (χ1n) is 4.77. The SMILES string of the molecule is C#CC(CC)Nc1c(F)ccc(C)c1F. The molecule has 1 unspecified atom stereocenters. The van der Waals surface area contributed by atoms with Crippen molar-refractivity contribution in [3.63, 3.8) is 0 Å². The Labute approximate surface area is 88.5 Å². The molecule has 1 atom stereocenters. The van der Waals surface area contributed by atoms with E-state index in [9.17, 15) is 8.78 Å². The van der Waals surface area contributed by atoms with Crippen LogP contribution in [-0.2, 0) is 0 Å². The van der Waals surface area contributed by atoms with Crippen molar-refractivity contribution in [2.45, 2.75) is 26.3 Å². The van der Waals surface area contributed by atoms with Crippen molar-refractivity contribution in [2.24, 2.45) is 0 Å². The molecule has 0 amide bonds. The number of rotatable bonds is 3. The van der Waals surface area contributed by atoms with Gasteiger partial charge in [0.25, 0.3) is 0 Å². The van der Waals surface area contributed by atoms with Crippen molar-refractivity contribution in [2.75, 3.05) is 5.32 Å². The first kappa shape index (κ1) is 11.5. The zero-order valence-corrected chi connectivity index (χ0v) is 8.77. The average Bonchev–Trinajstić information content (AvgIpc) is 2.24. The van der Waals surface area contributed by atoms with E-state index in [1.807, 2.05) is 6.92 Å². The van der Waals surface area contributed by atoms with Gasteiger partial charge >= 0.3 is 0 Å². The largest absolute Gasteiger partial charge is 0.367 e. The van der Waals surface area contributed by atoms with Crippen LogP contribution in [0.1, 0.15) is 18.9 Å². The summed E-state index contributed by atoms with van der Waals surface area (Å²) in [5, 5.41) is 2.67. The summed E-state index contributed by atoms with van der Waals surface area (Å²) < 4.78 is 26.8. The summed E-state index contributed by atoms with van der Waals surface area (Å²) in [5.74, 6) is 1.23. The molecule has 1 aromatic rings. The van der Waals surface area contributed by atoms with E-state index in [1.54, 1.807) is 6.92 Å². The highest BCUT2D eigenvalue weighted by Gasteiger charge is 2.13.